The predicted octanol–water partition coefficient (Wildman–Crippen LogP) is 5.61. The lowest BCUT2D eigenvalue weighted by Crippen LogP contribution is -2.49. The van der Waals surface area contributed by atoms with Gasteiger partial charge in [0.2, 0.25) is 5.91 Å². The molecule has 0 aliphatic carbocycles. The zero-order chi connectivity index (χ0) is 38.0. The van der Waals surface area contributed by atoms with Crippen LogP contribution in [0.15, 0.2) is 79.1 Å². The Morgan fingerprint density at radius 1 is 0.907 bits per heavy atom. The molecule has 4 heterocycles. The molecule has 4 amide bonds. The normalized spacial score (nSPS) is 15.5. The maximum Gasteiger partial charge on any atom is 0.416 e. The van der Waals surface area contributed by atoms with Gasteiger partial charge in [-0.3, -0.25) is 29.6 Å². The quantitative estimate of drug-likeness (QED) is 0.165. The van der Waals surface area contributed by atoms with Crippen LogP contribution in [-0.4, -0.2) is 75.0 Å². The summed E-state index contributed by atoms with van der Waals surface area (Å²) in [6, 6.07) is 16.2. The van der Waals surface area contributed by atoms with E-state index in [4.69, 9.17) is 0 Å². The Balaban J connectivity index is 0.974. The van der Waals surface area contributed by atoms with Gasteiger partial charge in [-0.2, -0.15) is 18.3 Å². The van der Waals surface area contributed by atoms with Crippen LogP contribution in [0.1, 0.15) is 50.3 Å². The van der Waals surface area contributed by atoms with E-state index in [1.807, 2.05) is 16.7 Å². The molecule has 2 aromatic heterocycles. The van der Waals surface area contributed by atoms with Gasteiger partial charge in [-0.1, -0.05) is 24.1 Å². The Hall–Kier alpha value is -6.11. The Kier molecular flexibility index (Phi) is 10.1. The average molecular weight is 739 g/mol. The number of aryl methyl sites for hydroxylation is 1. The minimum atomic E-state index is -4.66. The van der Waals surface area contributed by atoms with Crippen molar-refractivity contribution in [2.24, 2.45) is 0 Å². The standard InChI is InChI=1S/C39H34F4N8O3/c1-25-4-5-27(19-26(25)7-11-32-22-44-35-3-2-13-45-51(32)35)37(53)46-30-9-6-28(33(20-30)39(41,42)43)23-48-15-17-49(18-16-48)24-29-8-10-31(21-34(29)40)50-14-12-36(52)47-38(50)54/h2-6,8-10,13,19-22H,12,14-18,23-24H2,1H3,(H,46,53)(H,47,52,54). The number of amides is 4. The second-order valence-corrected chi connectivity index (χ2v) is 13.1. The fraction of sp³-hybridized carbons (Fsp3) is 0.256. The van der Waals surface area contributed by atoms with Gasteiger partial charge in [0.05, 0.1) is 11.8 Å². The van der Waals surface area contributed by atoms with Crippen LogP contribution in [0.3, 0.4) is 0 Å². The molecule has 0 spiro atoms. The highest BCUT2D eigenvalue weighted by Gasteiger charge is 2.34. The van der Waals surface area contributed by atoms with Gasteiger partial charge in [-0.15, -0.1) is 0 Å². The Morgan fingerprint density at radius 3 is 2.37 bits per heavy atom. The Bertz CT molecular complexity index is 2320. The number of rotatable bonds is 7. The van der Waals surface area contributed by atoms with Crippen molar-refractivity contribution in [1.82, 2.24) is 29.7 Å². The average Bonchev–Trinajstić information content (AvgIpc) is 3.56. The molecular weight excluding hydrogens is 704 g/mol. The van der Waals surface area contributed by atoms with Crippen LogP contribution in [-0.2, 0) is 24.1 Å². The highest BCUT2D eigenvalue weighted by molar-refractivity contribution is 6.06. The van der Waals surface area contributed by atoms with Crippen LogP contribution in [0.5, 0.6) is 0 Å². The summed E-state index contributed by atoms with van der Waals surface area (Å²) in [6.45, 7) is 4.28. The summed E-state index contributed by atoms with van der Waals surface area (Å²) in [5, 5.41) is 9.06. The van der Waals surface area contributed by atoms with Crippen LogP contribution >= 0.6 is 0 Å². The van der Waals surface area contributed by atoms with Crippen molar-refractivity contribution in [3.05, 3.63) is 124 Å². The fourth-order valence-corrected chi connectivity index (χ4v) is 6.43. The minimum Gasteiger partial charge on any atom is -0.322 e. The lowest BCUT2D eigenvalue weighted by atomic mass is 10.0. The molecule has 0 atom stereocenters. The largest absolute Gasteiger partial charge is 0.416 e. The predicted molar refractivity (Wildman–Crippen MR) is 192 cm³/mol. The van der Waals surface area contributed by atoms with E-state index in [1.54, 1.807) is 59.4 Å². The minimum absolute atomic E-state index is 0.00774. The second-order valence-electron chi connectivity index (χ2n) is 13.1. The fourth-order valence-electron chi connectivity index (χ4n) is 6.43. The maximum absolute atomic E-state index is 15.0. The van der Waals surface area contributed by atoms with Crippen molar-refractivity contribution in [1.29, 1.82) is 0 Å². The van der Waals surface area contributed by atoms with Crippen molar-refractivity contribution in [2.45, 2.75) is 32.6 Å². The number of benzene rings is 3. The highest BCUT2D eigenvalue weighted by atomic mass is 19.4. The lowest BCUT2D eigenvalue weighted by Gasteiger charge is -2.35. The van der Waals surface area contributed by atoms with Crippen molar-refractivity contribution in [3.63, 3.8) is 0 Å². The topological polar surface area (TPSA) is 115 Å². The zero-order valence-corrected chi connectivity index (χ0v) is 29.1. The van der Waals surface area contributed by atoms with E-state index in [1.165, 1.54) is 23.1 Å². The van der Waals surface area contributed by atoms with Crippen LogP contribution in [0.4, 0.5) is 33.7 Å². The third-order valence-electron chi connectivity index (χ3n) is 9.43. The number of imidazole rings is 1. The van der Waals surface area contributed by atoms with Gasteiger partial charge in [0, 0.05) is 86.5 Å². The first-order valence-electron chi connectivity index (χ1n) is 17.2. The Labute approximate surface area is 307 Å². The number of anilines is 2. The third-order valence-corrected chi connectivity index (χ3v) is 9.43. The summed E-state index contributed by atoms with van der Waals surface area (Å²) in [5.74, 6) is 4.63. The number of fused-ring (bicyclic) bond motifs is 1. The number of carbonyl (C=O) groups is 3. The molecule has 54 heavy (non-hydrogen) atoms. The number of nitrogens with one attached hydrogen (secondary N) is 2. The molecule has 11 nitrogen and oxygen atoms in total. The molecular formula is C39H34F4N8O3. The van der Waals surface area contributed by atoms with Crippen LogP contribution < -0.4 is 15.5 Å². The van der Waals surface area contributed by atoms with E-state index in [0.29, 0.717) is 60.9 Å². The van der Waals surface area contributed by atoms with Gasteiger partial charge in [0.15, 0.2) is 5.65 Å². The van der Waals surface area contributed by atoms with Gasteiger partial charge in [0.1, 0.15) is 11.5 Å². The number of hydrogen-bond acceptors (Lipinski definition) is 7. The molecule has 0 bridgehead atoms. The van der Waals surface area contributed by atoms with Crippen LogP contribution in [0, 0.1) is 24.6 Å². The van der Waals surface area contributed by atoms with Gasteiger partial charge >= 0.3 is 12.2 Å². The van der Waals surface area contributed by atoms with Crippen molar-refractivity contribution in [2.75, 3.05) is 42.9 Å². The summed E-state index contributed by atoms with van der Waals surface area (Å²) in [6.07, 6.45) is -1.32. The molecule has 7 rings (SSSR count). The number of carbonyl (C=O) groups excluding carboxylic acids is 3. The first-order valence-corrected chi connectivity index (χ1v) is 17.2. The SMILES string of the molecule is Cc1ccc(C(=O)Nc2ccc(CN3CCN(Cc4ccc(N5CCC(=O)NC5=O)cc4F)CC3)c(C(F)(F)F)c2)cc1C#Cc1cnc2cccnn12. The molecule has 276 valence electrons. The number of imide groups is 1. The van der Waals surface area contributed by atoms with E-state index >= 15 is 4.39 Å². The van der Waals surface area contributed by atoms with Gasteiger partial charge in [-0.05, 0) is 72.5 Å². The summed E-state index contributed by atoms with van der Waals surface area (Å²) < 4.78 is 59.6. The van der Waals surface area contributed by atoms with Gasteiger partial charge in [-0.25, -0.2) is 18.7 Å². The van der Waals surface area contributed by atoms with Gasteiger partial charge < -0.3 is 5.32 Å². The third kappa shape index (κ3) is 8.09. The number of hydrogen-bond donors (Lipinski definition) is 2. The molecule has 2 aliphatic heterocycles. The Morgan fingerprint density at radius 2 is 1.65 bits per heavy atom. The summed E-state index contributed by atoms with van der Waals surface area (Å²) >= 11 is 0. The molecule has 2 aliphatic rings. The van der Waals surface area contributed by atoms with Gasteiger partial charge in [0.25, 0.3) is 5.91 Å². The maximum atomic E-state index is 15.0. The molecule has 0 radical (unpaired) electrons. The first-order chi connectivity index (χ1) is 25.9. The smallest absolute Gasteiger partial charge is 0.322 e. The van der Waals surface area contributed by atoms with Crippen molar-refractivity contribution < 1.29 is 31.9 Å². The zero-order valence-electron chi connectivity index (χ0n) is 29.1. The van der Waals surface area contributed by atoms with Crippen molar-refractivity contribution in [3.8, 4) is 11.8 Å². The molecule has 15 heteroatoms. The molecule has 2 saturated heterocycles. The number of aromatic nitrogens is 3. The number of piperazine rings is 1. The summed E-state index contributed by atoms with van der Waals surface area (Å²) in [7, 11) is 0. The molecule has 3 aromatic carbocycles. The monoisotopic (exact) mass is 738 g/mol. The lowest BCUT2D eigenvalue weighted by molar-refractivity contribution is -0.138. The van der Waals surface area contributed by atoms with E-state index in [-0.39, 0.29) is 42.2 Å². The van der Waals surface area contributed by atoms with E-state index in [0.717, 1.165) is 11.6 Å². The molecule has 2 fully saturated rings. The van der Waals surface area contributed by atoms with E-state index < -0.39 is 29.5 Å². The summed E-state index contributed by atoms with van der Waals surface area (Å²) in [4.78, 5) is 46.3. The highest BCUT2D eigenvalue weighted by Crippen LogP contribution is 2.35. The van der Waals surface area contributed by atoms with E-state index in [2.05, 4.69) is 32.6 Å². The number of halogens is 4. The summed E-state index contributed by atoms with van der Waals surface area (Å²) in [5.41, 5.74) is 2.85. The van der Waals surface area contributed by atoms with Crippen LogP contribution in [0.25, 0.3) is 5.65 Å². The number of urea groups is 1. The van der Waals surface area contributed by atoms with Crippen LogP contribution in [0.2, 0.25) is 0 Å². The molecule has 5 aromatic rings. The first kappa shape index (κ1) is 36.3. The van der Waals surface area contributed by atoms with Crippen molar-refractivity contribution >= 4 is 34.9 Å². The second kappa shape index (κ2) is 15.1. The molecule has 0 unspecified atom stereocenters. The molecule has 2 N–H and O–H groups in total. The van der Waals surface area contributed by atoms with E-state index in [9.17, 15) is 27.6 Å². The molecule has 0 saturated carbocycles. The number of nitrogens with zero attached hydrogens (tertiary/aromatic N) is 6. The number of alkyl halides is 3.